The van der Waals surface area contributed by atoms with Crippen LogP contribution >= 0.6 is 0 Å². The van der Waals surface area contributed by atoms with Crippen molar-refractivity contribution >= 4 is 5.91 Å². The first kappa shape index (κ1) is 16.5. The average Bonchev–Trinajstić information content (AvgIpc) is 2.91. The van der Waals surface area contributed by atoms with Crippen molar-refractivity contribution in [2.24, 2.45) is 13.0 Å². The van der Waals surface area contributed by atoms with Crippen LogP contribution in [0.25, 0.3) is 0 Å². The number of hydrogen-bond donors (Lipinski definition) is 0. The summed E-state index contributed by atoms with van der Waals surface area (Å²) in [6, 6.07) is 0. The predicted molar refractivity (Wildman–Crippen MR) is 87.8 cm³/mol. The van der Waals surface area contributed by atoms with Crippen LogP contribution in [0.15, 0.2) is 12.4 Å². The molecule has 0 aromatic carbocycles. The third-order valence-corrected chi connectivity index (χ3v) is 4.95. The van der Waals surface area contributed by atoms with Crippen molar-refractivity contribution in [1.82, 2.24) is 19.4 Å². The van der Waals surface area contributed by atoms with E-state index in [1.54, 1.807) is 0 Å². The fourth-order valence-electron chi connectivity index (χ4n) is 3.70. The highest BCUT2D eigenvalue weighted by molar-refractivity contribution is 5.79. The second-order valence-corrected chi connectivity index (χ2v) is 7.01. The first-order valence-electron chi connectivity index (χ1n) is 8.65. The maximum absolute atomic E-state index is 12.8. The summed E-state index contributed by atoms with van der Waals surface area (Å²) in [5, 5.41) is 0. The smallest absolute Gasteiger partial charge is 0.225 e. The van der Waals surface area contributed by atoms with E-state index >= 15 is 0 Å². The minimum absolute atomic E-state index is 0.145. The van der Waals surface area contributed by atoms with Crippen LogP contribution < -0.4 is 0 Å². The molecular weight excluding hydrogens is 292 g/mol. The summed E-state index contributed by atoms with van der Waals surface area (Å²) in [4.78, 5) is 21.6. The van der Waals surface area contributed by atoms with Crippen LogP contribution in [0.3, 0.4) is 0 Å². The van der Waals surface area contributed by atoms with Gasteiger partial charge in [-0.3, -0.25) is 9.69 Å². The molecule has 6 heteroatoms. The van der Waals surface area contributed by atoms with Gasteiger partial charge in [-0.1, -0.05) is 0 Å². The lowest BCUT2D eigenvalue weighted by Crippen LogP contribution is -2.51. The Bertz CT molecular complexity index is 526. The highest BCUT2D eigenvalue weighted by atomic mass is 16.5. The van der Waals surface area contributed by atoms with E-state index in [-0.39, 0.29) is 18.1 Å². The lowest BCUT2D eigenvalue weighted by atomic mass is 9.94. The molecule has 128 valence electrons. The molecule has 0 radical (unpaired) electrons. The van der Waals surface area contributed by atoms with Gasteiger partial charge in [-0.15, -0.1) is 0 Å². The van der Waals surface area contributed by atoms with Crippen molar-refractivity contribution in [3.63, 3.8) is 0 Å². The largest absolute Gasteiger partial charge is 0.372 e. The van der Waals surface area contributed by atoms with Gasteiger partial charge in [0.2, 0.25) is 5.91 Å². The Morgan fingerprint density at radius 3 is 2.48 bits per heavy atom. The Morgan fingerprint density at radius 1 is 1.26 bits per heavy atom. The number of ether oxygens (including phenoxy) is 1. The van der Waals surface area contributed by atoms with Gasteiger partial charge in [-0.25, -0.2) is 4.98 Å². The molecule has 3 rings (SSSR count). The number of hydrogen-bond acceptors (Lipinski definition) is 4. The molecule has 0 saturated carbocycles. The molecule has 3 heterocycles. The molecular formula is C17H28N4O2. The highest BCUT2D eigenvalue weighted by Gasteiger charge is 2.32. The first-order valence-corrected chi connectivity index (χ1v) is 8.65. The summed E-state index contributed by atoms with van der Waals surface area (Å²) in [6.07, 6.45) is 6.00. The third kappa shape index (κ3) is 3.93. The number of aromatic nitrogens is 2. The van der Waals surface area contributed by atoms with Gasteiger partial charge in [-0.05, 0) is 39.8 Å². The molecule has 2 aliphatic heterocycles. The van der Waals surface area contributed by atoms with E-state index in [2.05, 4.69) is 14.5 Å². The van der Waals surface area contributed by atoms with Crippen LogP contribution in [0.1, 0.15) is 32.5 Å². The van der Waals surface area contributed by atoms with E-state index in [1.165, 1.54) is 0 Å². The number of carbonyl (C=O) groups is 1. The zero-order chi connectivity index (χ0) is 16.4. The molecule has 0 aliphatic carbocycles. The van der Waals surface area contributed by atoms with Crippen molar-refractivity contribution in [2.45, 2.75) is 45.4 Å². The number of carbonyl (C=O) groups excluding carboxylic acids is 1. The van der Waals surface area contributed by atoms with Gasteiger partial charge in [0.05, 0.1) is 18.8 Å². The molecule has 2 atom stereocenters. The molecule has 2 fully saturated rings. The number of piperidine rings is 1. The predicted octanol–water partition coefficient (Wildman–Crippen LogP) is 1.27. The summed E-state index contributed by atoms with van der Waals surface area (Å²) in [5.41, 5.74) is 0. The second kappa shape index (κ2) is 7.01. The van der Waals surface area contributed by atoms with E-state index < -0.39 is 0 Å². The number of nitrogens with zero attached hydrogens (tertiary/aromatic N) is 4. The molecule has 0 spiro atoms. The monoisotopic (exact) mass is 320 g/mol. The van der Waals surface area contributed by atoms with E-state index in [0.717, 1.165) is 51.4 Å². The fourth-order valence-corrected chi connectivity index (χ4v) is 3.70. The van der Waals surface area contributed by atoms with Gasteiger partial charge < -0.3 is 14.2 Å². The molecule has 2 saturated heterocycles. The number of morpholine rings is 1. The Kier molecular flexibility index (Phi) is 5.02. The van der Waals surface area contributed by atoms with Gasteiger partial charge in [0.15, 0.2) is 0 Å². The topological polar surface area (TPSA) is 50.6 Å². The highest BCUT2D eigenvalue weighted by Crippen LogP contribution is 2.23. The van der Waals surface area contributed by atoms with E-state index in [0.29, 0.717) is 5.91 Å². The summed E-state index contributed by atoms with van der Waals surface area (Å²) >= 11 is 0. The maximum atomic E-state index is 12.8. The van der Waals surface area contributed by atoms with Gasteiger partial charge in [0.25, 0.3) is 0 Å². The van der Waals surface area contributed by atoms with Crippen LogP contribution in [0.4, 0.5) is 0 Å². The average molecular weight is 320 g/mol. The van der Waals surface area contributed by atoms with Crippen LogP contribution in [0.5, 0.6) is 0 Å². The number of likely N-dealkylation sites (tertiary alicyclic amines) is 1. The van der Waals surface area contributed by atoms with E-state index in [1.807, 2.05) is 38.2 Å². The lowest BCUT2D eigenvalue weighted by molar-refractivity contribution is -0.148. The molecule has 0 N–H and O–H groups in total. The van der Waals surface area contributed by atoms with Crippen LogP contribution in [0.2, 0.25) is 0 Å². The number of aryl methyl sites for hydroxylation is 1. The van der Waals surface area contributed by atoms with Gasteiger partial charge in [0, 0.05) is 38.4 Å². The SMILES string of the molecule is C[C@H]1CN(C(=O)C2CCN(Cc3nccn3C)CC2)C[C@H](C)O1. The van der Waals surface area contributed by atoms with E-state index in [9.17, 15) is 4.79 Å². The van der Waals surface area contributed by atoms with Gasteiger partial charge >= 0.3 is 0 Å². The van der Waals surface area contributed by atoms with Crippen LogP contribution in [-0.4, -0.2) is 63.6 Å². The first-order chi connectivity index (χ1) is 11.0. The maximum Gasteiger partial charge on any atom is 0.225 e. The van der Waals surface area contributed by atoms with E-state index in [4.69, 9.17) is 4.74 Å². The molecule has 1 aromatic heterocycles. The fraction of sp³-hybridized carbons (Fsp3) is 0.765. The summed E-state index contributed by atoms with van der Waals surface area (Å²) < 4.78 is 7.79. The quantitative estimate of drug-likeness (QED) is 0.841. The van der Waals surface area contributed by atoms with Crippen molar-refractivity contribution < 1.29 is 9.53 Å². The number of amides is 1. The van der Waals surface area contributed by atoms with Gasteiger partial charge in [-0.2, -0.15) is 0 Å². The van der Waals surface area contributed by atoms with Crippen molar-refractivity contribution in [2.75, 3.05) is 26.2 Å². The zero-order valence-corrected chi connectivity index (χ0v) is 14.4. The van der Waals surface area contributed by atoms with Crippen LogP contribution in [0, 0.1) is 5.92 Å². The Balaban J connectivity index is 1.50. The van der Waals surface area contributed by atoms with Crippen molar-refractivity contribution in [1.29, 1.82) is 0 Å². The lowest BCUT2D eigenvalue weighted by Gasteiger charge is -2.39. The Hall–Kier alpha value is -1.40. The van der Waals surface area contributed by atoms with Crippen molar-refractivity contribution in [3.8, 4) is 0 Å². The summed E-state index contributed by atoms with van der Waals surface area (Å²) in [5.74, 6) is 1.58. The number of imidazole rings is 1. The summed E-state index contributed by atoms with van der Waals surface area (Å²) in [6.45, 7) is 8.37. The second-order valence-electron chi connectivity index (χ2n) is 7.01. The normalized spacial score (nSPS) is 27.3. The molecule has 1 aromatic rings. The summed E-state index contributed by atoms with van der Waals surface area (Å²) in [7, 11) is 2.03. The third-order valence-electron chi connectivity index (χ3n) is 4.95. The molecule has 0 bridgehead atoms. The molecule has 6 nitrogen and oxygen atoms in total. The molecule has 1 amide bonds. The zero-order valence-electron chi connectivity index (χ0n) is 14.4. The Morgan fingerprint density at radius 2 is 1.91 bits per heavy atom. The van der Waals surface area contributed by atoms with Crippen LogP contribution in [-0.2, 0) is 23.1 Å². The molecule has 0 unspecified atom stereocenters. The number of rotatable bonds is 3. The standard InChI is InChI=1S/C17H28N4O2/c1-13-10-21(11-14(2)23-13)17(22)15-4-7-20(8-5-15)12-16-18-6-9-19(16)3/h6,9,13-15H,4-5,7-8,10-12H2,1-3H3/t13-,14-/m0/s1. The minimum Gasteiger partial charge on any atom is -0.372 e. The molecule has 2 aliphatic rings. The molecule has 23 heavy (non-hydrogen) atoms. The Labute approximate surface area is 138 Å². The van der Waals surface area contributed by atoms with Crippen molar-refractivity contribution in [3.05, 3.63) is 18.2 Å². The minimum atomic E-state index is 0.145. The van der Waals surface area contributed by atoms with Gasteiger partial charge in [0.1, 0.15) is 5.82 Å².